The maximum absolute atomic E-state index is 13.4. The van der Waals surface area contributed by atoms with Gasteiger partial charge in [0.1, 0.15) is 0 Å². The molecule has 0 radical (unpaired) electrons. The molecular weight excluding hydrogens is 943 g/mol. The standard InChI is InChI=1S/C68H90O4P2/c1-61(2,3)40-28-32-44(50(36-40)65(13,14)15)45-26-25-27-49-54(45)59-56(49)55(46-33-29-41(62(4,5)6)37-51(46)66(16,17)18)57(47-34-30-42(63(7,8)9)38-52(47)67(19,20)21)60(73(69)72-74(70)71)58(59)48-35-31-43(64(10,11)12)39-53(48)68(22,23)24/h25-39,69-71H,1-24H3. The molecule has 6 aromatic rings. The zero-order chi connectivity index (χ0) is 55.6. The molecule has 0 saturated heterocycles. The number of hydrogen-bond donors (Lipinski definition) is 3. The lowest BCUT2D eigenvalue weighted by atomic mass is 9.64. The lowest BCUT2D eigenvalue weighted by Crippen LogP contribution is -2.25. The Hall–Kier alpha value is -3.98. The average Bonchev–Trinajstić information content (AvgIpc) is 3.23. The van der Waals surface area contributed by atoms with Gasteiger partial charge in [-0.2, -0.15) is 0 Å². The fraction of sp³-hybridized carbons (Fsp3) is 0.471. The van der Waals surface area contributed by atoms with Gasteiger partial charge in [0.15, 0.2) is 0 Å². The van der Waals surface area contributed by atoms with E-state index in [1.165, 1.54) is 38.9 Å². The summed E-state index contributed by atoms with van der Waals surface area (Å²) in [5.74, 6) is 0. The molecule has 1 aliphatic rings. The van der Waals surface area contributed by atoms with Crippen molar-refractivity contribution >= 4 is 22.3 Å². The molecular formula is C68H90O4P2. The molecule has 0 fully saturated rings. The Morgan fingerprint density at radius 2 is 0.568 bits per heavy atom. The number of rotatable bonds is 7. The summed E-state index contributed by atoms with van der Waals surface area (Å²) in [4.78, 5) is 35.4. The van der Waals surface area contributed by atoms with Crippen molar-refractivity contribution in [2.24, 2.45) is 0 Å². The number of benzene rings is 6. The van der Waals surface area contributed by atoms with Gasteiger partial charge >= 0.3 is 8.60 Å². The Balaban J connectivity index is 1.88. The summed E-state index contributed by atoms with van der Waals surface area (Å²) < 4.78 is 6.15. The number of fused-ring (bicyclic) bond motifs is 4. The second-order valence-electron chi connectivity index (χ2n) is 29.6. The Morgan fingerprint density at radius 1 is 0.284 bits per heavy atom. The van der Waals surface area contributed by atoms with Crippen LogP contribution in [-0.2, 0) is 47.6 Å². The molecule has 1 unspecified atom stereocenters. The van der Waals surface area contributed by atoms with Gasteiger partial charge < -0.3 is 14.7 Å². The van der Waals surface area contributed by atoms with Gasteiger partial charge in [0.25, 0.3) is 0 Å². The van der Waals surface area contributed by atoms with Crippen molar-refractivity contribution in [1.82, 2.24) is 0 Å². The SMILES string of the molecule is CC(C)(C)c1ccc(-c2cccc3c2-c2c-3c(-c3ccc(C(C)(C)C)cc3C(C)(C)C)c(-c3ccc(C(C)(C)C)cc3C(C)(C)C)c(P(O)OP(O)O)c2-c2ccc(C(C)(C)C)cc2C(C)(C)C)c(C(C)(C)C)c1. The van der Waals surface area contributed by atoms with E-state index in [4.69, 9.17) is 4.31 Å². The van der Waals surface area contributed by atoms with Gasteiger partial charge in [-0.1, -0.05) is 257 Å². The van der Waals surface area contributed by atoms with E-state index in [1.54, 1.807) is 0 Å². The highest BCUT2D eigenvalue weighted by atomic mass is 31.2. The predicted octanol–water partition coefficient (Wildman–Crippen LogP) is 19.5. The monoisotopic (exact) mass is 1030 g/mol. The summed E-state index contributed by atoms with van der Waals surface area (Å²) >= 11 is 0. The highest BCUT2D eigenvalue weighted by Gasteiger charge is 2.43. The zero-order valence-electron chi connectivity index (χ0n) is 49.8. The normalized spacial score (nSPS) is 14.3. The zero-order valence-corrected chi connectivity index (χ0v) is 51.6. The minimum atomic E-state index is -2.98. The van der Waals surface area contributed by atoms with E-state index in [-0.39, 0.29) is 43.3 Å². The van der Waals surface area contributed by atoms with Crippen LogP contribution in [0.2, 0.25) is 0 Å². The Labute approximate surface area is 450 Å². The van der Waals surface area contributed by atoms with Crippen LogP contribution in [0.3, 0.4) is 0 Å². The molecule has 0 spiro atoms. The Morgan fingerprint density at radius 3 is 0.892 bits per heavy atom. The van der Waals surface area contributed by atoms with E-state index in [9.17, 15) is 14.7 Å². The topological polar surface area (TPSA) is 69.9 Å². The van der Waals surface area contributed by atoms with Crippen molar-refractivity contribution in [2.75, 3.05) is 0 Å². The van der Waals surface area contributed by atoms with Crippen LogP contribution in [0, 0.1) is 0 Å². The summed E-state index contributed by atoms with van der Waals surface area (Å²) in [5, 5.41) is 0.590. The van der Waals surface area contributed by atoms with Crippen LogP contribution in [0.5, 0.6) is 0 Å². The molecule has 4 nitrogen and oxygen atoms in total. The van der Waals surface area contributed by atoms with Gasteiger partial charge in [0, 0.05) is 22.0 Å². The first kappa shape index (κ1) is 57.7. The van der Waals surface area contributed by atoms with Crippen LogP contribution in [-0.4, -0.2) is 14.7 Å². The van der Waals surface area contributed by atoms with E-state index < -0.39 is 17.0 Å². The first-order valence-corrected chi connectivity index (χ1v) is 29.3. The molecule has 0 amide bonds. The molecule has 1 aliphatic carbocycles. The lowest BCUT2D eigenvalue weighted by Gasteiger charge is -2.40. The van der Waals surface area contributed by atoms with Crippen LogP contribution >= 0.6 is 17.0 Å². The van der Waals surface area contributed by atoms with Crippen LogP contribution < -0.4 is 5.30 Å². The third-order valence-electron chi connectivity index (χ3n) is 15.3. The molecule has 0 aromatic heterocycles. The van der Waals surface area contributed by atoms with Crippen LogP contribution in [0.1, 0.15) is 211 Å². The van der Waals surface area contributed by atoms with E-state index in [2.05, 4.69) is 257 Å². The highest BCUT2D eigenvalue weighted by molar-refractivity contribution is 7.63. The average molecular weight is 1030 g/mol. The number of hydrogen-bond acceptors (Lipinski definition) is 4. The molecule has 6 aromatic carbocycles. The summed E-state index contributed by atoms with van der Waals surface area (Å²) in [5.41, 5.74) is 20.7. The summed E-state index contributed by atoms with van der Waals surface area (Å²) in [7, 11) is -5.67. The fourth-order valence-corrected chi connectivity index (χ4v) is 12.7. The fourth-order valence-electron chi connectivity index (χ4n) is 11.0. The smallest absolute Gasteiger partial charge is 0.332 e. The largest absolute Gasteiger partial charge is 0.346 e. The molecule has 0 heterocycles. The first-order valence-electron chi connectivity index (χ1n) is 26.9. The van der Waals surface area contributed by atoms with Crippen LogP contribution in [0.25, 0.3) is 66.8 Å². The van der Waals surface area contributed by atoms with Crippen molar-refractivity contribution in [2.45, 2.75) is 209 Å². The van der Waals surface area contributed by atoms with Gasteiger partial charge in [-0.05, 0) is 138 Å². The third-order valence-corrected chi connectivity index (χ3v) is 17.3. The molecule has 7 rings (SSSR count). The van der Waals surface area contributed by atoms with Gasteiger partial charge in [0.2, 0.25) is 8.38 Å². The first-order chi connectivity index (χ1) is 33.5. The summed E-state index contributed by atoms with van der Waals surface area (Å²) in [6.45, 7) is 54.8. The van der Waals surface area contributed by atoms with Crippen molar-refractivity contribution < 1.29 is 19.0 Å². The Kier molecular flexibility index (Phi) is 15.0. The summed E-state index contributed by atoms with van der Waals surface area (Å²) in [6, 6.07) is 34.8. The quantitative estimate of drug-likeness (QED) is 0.139. The summed E-state index contributed by atoms with van der Waals surface area (Å²) in [6.07, 6.45) is 0. The Bertz CT molecular complexity index is 3130. The van der Waals surface area contributed by atoms with E-state index >= 15 is 0 Å². The lowest BCUT2D eigenvalue weighted by molar-refractivity contribution is 0.372. The van der Waals surface area contributed by atoms with Gasteiger partial charge in [0.05, 0.1) is 0 Å². The highest BCUT2D eigenvalue weighted by Crippen LogP contribution is 2.65. The second-order valence-corrected chi connectivity index (χ2v) is 31.8. The minimum absolute atomic E-state index is 0.0514. The van der Waals surface area contributed by atoms with E-state index in [0.29, 0.717) is 5.30 Å². The van der Waals surface area contributed by atoms with Crippen LogP contribution in [0.4, 0.5) is 0 Å². The van der Waals surface area contributed by atoms with Crippen molar-refractivity contribution in [3.63, 3.8) is 0 Å². The molecule has 3 N–H and O–H groups in total. The van der Waals surface area contributed by atoms with Crippen LogP contribution in [0.15, 0.2) is 91.0 Å². The molecule has 0 aliphatic heterocycles. The predicted molar refractivity (Wildman–Crippen MR) is 323 cm³/mol. The molecule has 396 valence electrons. The van der Waals surface area contributed by atoms with Crippen molar-refractivity contribution in [1.29, 1.82) is 0 Å². The van der Waals surface area contributed by atoms with Gasteiger partial charge in [-0.15, -0.1) is 0 Å². The molecule has 1 atom stereocenters. The second kappa shape index (κ2) is 19.2. The van der Waals surface area contributed by atoms with Gasteiger partial charge in [-0.3, -0.25) is 4.31 Å². The molecule has 6 heteroatoms. The maximum atomic E-state index is 13.4. The van der Waals surface area contributed by atoms with Crippen molar-refractivity contribution in [3.8, 4) is 66.8 Å². The van der Waals surface area contributed by atoms with Crippen molar-refractivity contribution in [3.05, 3.63) is 136 Å². The molecule has 0 bridgehead atoms. The van der Waals surface area contributed by atoms with E-state index in [0.717, 1.165) is 72.3 Å². The maximum Gasteiger partial charge on any atom is 0.332 e. The van der Waals surface area contributed by atoms with Gasteiger partial charge in [-0.25, -0.2) is 0 Å². The molecule has 74 heavy (non-hydrogen) atoms. The minimum Gasteiger partial charge on any atom is -0.346 e. The third kappa shape index (κ3) is 11.1. The molecule has 0 saturated carbocycles. The van der Waals surface area contributed by atoms with E-state index in [1.807, 2.05) is 0 Å².